The fraction of sp³-hybridized carbons (Fsp3) is 0.538. The molecule has 376 valence electrons. The van der Waals surface area contributed by atoms with Crippen molar-refractivity contribution < 1.29 is 79.8 Å². The number of carbonyl (C=O) groups excluding carboxylic acids is 6. The first-order valence-electron chi connectivity index (χ1n) is 19.7. The number of likely N-dealkylation sites (N-methyl/N-ethyl adjacent to an activating group) is 4. The van der Waals surface area contributed by atoms with Crippen LogP contribution in [0.3, 0.4) is 0 Å². The third-order valence-corrected chi connectivity index (χ3v) is 16.2. The first-order chi connectivity index (χ1) is 31.3. The van der Waals surface area contributed by atoms with Crippen LogP contribution in [0.5, 0.6) is 0 Å². The van der Waals surface area contributed by atoms with E-state index in [2.05, 4.69) is 0 Å². The van der Waals surface area contributed by atoms with E-state index in [-0.39, 0.29) is 81.2 Å². The summed E-state index contributed by atoms with van der Waals surface area (Å²) < 4.78 is 0.861. The van der Waals surface area contributed by atoms with Crippen molar-refractivity contribution in [1.29, 1.82) is 0 Å². The van der Waals surface area contributed by atoms with Crippen LogP contribution < -0.4 is 9.80 Å². The Balaban J connectivity index is 2.71. The van der Waals surface area contributed by atoms with Gasteiger partial charge in [0.2, 0.25) is 12.8 Å². The van der Waals surface area contributed by atoms with Gasteiger partial charge in [0.25, 0.3) is 23.6 Å². The lowest BCUT2D eigenvalue weighted by Crippen LogP contribution is -2.41. The van der Waals surface area contributed by atoms with Gasteiger partial charge in [0.1, 0.15) is 0 Å². The minimum Gasteiger partial charge on any atom is -0.394 e. The second kappa shape index (κ2) is 29.1. The SMILES string of the molecule is CN(CC(O)CO)C(=O)c1c(I)c(C(=O)N(C)CC(O)CO)c(I)c(N(C=O)CC(O)CC(O)CN(C=O)c2c(I)c(C(=O)N(C)CC(O)CO)c(I)c(C(=O)N(C)CC(O)CO)c2I)c1I. The normalized spacial score (nSPS) is 14.0. The summed E-state index contributed by atoms with van der Waals surface area (Å²) in [6, 6.07) is 0. The maximum Gasteiger partial charge on any atom is 0.255 e. The van der Waals surface area contributed by atoms with Gasteiger partial charge in [-0.15, -0.1) is 0 Å². The monoisotopic (exact) mass is 1620 g/mol. The van der Waals surface area contributed by atoms with Gasteiger partial charge in [-0.25, -0.2) is 0 Å². The summed E-state index contributed by atoms with van der Waals surface area (Å²) >= 11 is 10.8. The molecule has 0 radical (unpaired) electrons. The fourth-order valence-electron chi connectivity index (χ4n) is 6.44. The smallest absolute Gasteiger partial charge is 0.255 e. The molecule has 67 heavy (non-hydrogen) atoms. The van der Waals surface area contributed by atoms with E-state index < -0.39 is 106 Å². The summed E-state index contributed by atoms with van der Waals surface area (Å²) in [5.74, 6) is -2.83. The van der Waals surface area contributed by atoms with E-state index in [1.165, 1.54) is 28.2 Å². The van der Waals surface area contributed by atoms with Gasteiger partial charge in [-0.1, -0.05) is 0 Å². The highest BCUT2D eigenvalue weighted by molar-refractivity contribution is 14.1. The largest absolute Gasteiger partial charge is 0.394 e. The molecule has 0 aromatic heterocycles. The quantitative estimate of drug-likeness (QED) is 0.0389. The molecule has 2 aromatic carbocycles. The van der Waals surface area contributed by atoms with Crippen LogP contribution >= 0.6 is 136 Å². The fourth-order valence-corrected chi connectivity index (χ4v) is 15.9. The van der Waals surface area contributed by atoms with Crippen LogP contribution in [0.2, 0.25) is 0 Å². The predicted octanol–water partition coefficient (Wildman–Crippen LogP) is -1.25. The van der Waals surface area contributed by atoms with Gasteiger partial charge in [-0.3, -0.25) is 28.8 Å². The van der Waals surface area contributed by atoms with E-state index in [0.717, 1.165) is 29.4 Å². The Labute approximate surface area is 467 Å². The standard InChI is InChI=1S/C39H52I6N6O16/c1-46(6-20(60)12-52)36(64)24-28(40)25(37(65)47(2)7-21(61)13-53)31(43)34(30(24)42)50(16-56)10-18(58)5-19(59)11-51(17-57)35-32(44)26(38(66)48(3)8-22(62)14-54)29(41)27(33(35)45)39(67)49(4)9-23(63)15-55/h16-23,52-55,58-63H,5-15H2,1-4H3. The van der Waals surface area contributed by atoms with Crippen LogP contribution in [-0.2, 0) is 9.59 Å². The summed E-state index contributed by atoms with van der Waals surface area (Å²) in [4.78, 5) is 88.2. The molecule has 0 aliphatic heterocycles. The number of amides is 6. The molecule has 2 aromatic rings. The van der Waals surface area contributed by atoms with Gasteiger partial charge in [-0.05, 0) is 136 Å². The van der Waals surface area contributed by atoms with Crippen molar-refractivity contribution in [3.63, 3.8) is 0 Å². The van der Waals surface area contributed by atoms with Crippen molar-refractivity contribution in [1.82, 2.24) is 19.6 Å². The van der Waals surface area contributed by atoms with Crippen molar-refractivity contribution in [2.24, 2.45) is 0 Å². The number of anilines is 2. The Kier molecular flexibility index (Phi) is 27.1. The number of rotatable bonds is 26. The van der Waals surface area contributed by atoms with E-state index in [1.54, 1.807) is 136 Å². The Morgan fingerprint density at radius 3 is 0.791 bits per heavy atom. The molecule has 10 N–H and O–H groups in total. The van der Waals surface area contributed by atoms with Gasteiger partial charge in [0.15, 0.2) is 0 Å². The zero-order valence-corrected chi connectivity index (χ0v) is 49.2. The van der Waals surface area contributed by atoms with Gasteiger partial charge >= 0.3 is 0 Å². The maximum absolute atomic E-state index is 14.0. The Morgan fingerprint density at radius 1 is 0.403 bits per heavy atom. The molecule has 0 saturated heterocycles. The minimum atomic E-state index is -1.55. The number of hydrogen-bond donors (Lipinski definition) is 10. The molecule has 0 aliphatic rings. The number of aliphatic hydroxyl groups excluding tert-OH is 10. The van der Waals surface area contributed by atoms with E-state index in [0.29, 0.717) is 12.8 Å². The van der Waals surface area contributed by atoms with Crippen LogP contribution in [-0.4, -0.2) is 238 Å². The molecule has 0 aliphatic carbocycles. The highest BCUT2D eigenvalue weighted by atomic mass is 127. The number of carbonyl (C=O) groups is 6. The predicted molar refractivity (Wildman–Crippen MR) is 293 cm³/mol. The van der Waals surface area contributed by atoms with Crippen LogP contribution in [0.4, 0.5) is 11.4 Å². The first kappa shape index (κ1) is 62.4. The van der Waals surface area contributed by atoms with Gasteiger partial charge in [0.05, 0.1) is 124 Å². The van der Waals surface area contributed by atoms with Crippen molar-refractivity contribution >= 4 is 183 Å². The van der Waals surface area contributed by atoms with Gasteiger partial charge < -0.3 is 80.5 Å². The van der Waals surface area contributed by atoms with Crippen molar-refractivity contribution in [2.45, 2.75) is 43.0 Å². The van der Waals surface area contributed by atoms with E-state index >= 15 is 0 Å². The Bertz CT molecular complexity index is 1850. The lowest BCUT2D eigenvalue weighted by Gasteiger charge is -2.31. The molecule has 28 heteroatoms. The number of halogens is 6. The van der Waals surface area contributed by atoms with Crippen LogP contribution in [0.1, 0.15) is 47.9 Å². The van der Waals surface area contributed by atoms with Crippen molar-refractivity contribution in [2.75, 3.05) is 104 Å². The molecule has 6 atom stereocenters. The third-order valence-electron chi connectivity index (χ3n) is 9.80. The lowest BCUT2D eigenvalue weighted by molar-refractivity contribution is -0.108. The maximum atomic E-state index is 14.0. The Morgan fingerprint density at radius 2 is 0.612 bits per heavy atom. The van der Waals surface area contributed by atoms with Gasteiger partial charge in [0, 0.05) is 67.9 Å². The number of hydrogen-bond acceptors (Lipinski definition) is 16. The summed E-state index contributed by atoms with van der Waals surface area (Å²) in [5.41, 5.74) is -0.287. The van der Waals surface area contributed by atoms with Crippen LogP contribution in [0, 0.1) is 21.4 Å². The third kappa shape index (κ3) is 16.1. The zero-order valence-electron chi connectivity index (χ0n) is 36.3. The molecular weight excluding hydrogens is 1570 g/mol. The molecule has 0 bridgehead atoms. The molecule has 0 fully saturated rings. The van der Waals surface area contributed by atoms with Crippen LogP contribution in [0.25, 0.3) is 0 Å². The second-order valence-corrected chi connectivity index (χ2v) is 21.7. The van der Waals surface area contributed by atoms with Crippen molar-refractivity contribution in [3.05, 3.63) is 43.7 Å². The molecule has 6 amide bonds. The number of nitrogens with zero attached hydrogens (tertiary/aromatic N) is 6. The summed E-state index contributed by atoms with van der Waals surface area (Å²) in [6.45, 7) is -4.96. The molecule has 0 saturated carbocycles. The van der Waals surface area contributed by atoms with E-state index in [9.17, 15) is 79.8 Å². The van der Waals surface area contributed by atoms with Crippen LogP contribution in [0.15, 0.2) is 0 Å². The van der Waals surface area contributed by atoms with Gasteiger partial charge in [-0.2, -0.15) is 0 Å². The lowest BCUT2D eigenvalue weighted by atomic mass is 10.0. The van der Waals surface area contributed by atoms with E-state index in [1.807, 2.05) is 0 Å². The molecule has 0 heterocycles. The zero-order chi connectivity index (χ0) is 51.4. The Hall–Kier alpha value is -0.760. The molecule has 0 spiro atoms. The molecule has 2 rings (SSSR count). The first-order valence-corrected chi connectivity index (χ1v) is 26.2. The average molecular weight is 1620 g/mol. The summed E-state index contributed by atoms with van der Waals surface area (Å²) in [6.07, 6.45) is -8.18. The van der Waals surface area contributed by atoms with E-state index in [4.69, 9.17) is 0 Å². The van der Waals surface area contributed by atoms with Crippen molar-refractivity contribution in [3.8, 4) is 0 Å². The summed E-state index contributed by atoms with van der Waals surface area (Å²) in [5, 5.41) is 101. The average Bonchev–Trinajstić information content (AvgIpc) is 3.27. The highest BCUT2D eigenvalue weighted by Gasteiger charge is 2.36. The number of aliphatic hydroxyl groups is 10. The highest BCUT2D eigenvalue weighted by Crippen LogP contribution is 2.40. The molecule has 6 unspecified atom stereocenters. The summed E-state index contributed by atoms with van der Waals surface area (Å²) in [7, 11) is 5.40. The number of benzene rings is 2. The minimum absolute atomic E-state index is 0.00364. The second-order valence-electron chi connectivity index (χ2n) is 15.2. The molecule has 22 nitrogen and oxygen atoms in total. The topological polar surface area (TPSA) is 324 Å². The molecular formula is C39H52I6N6O16.